The minimum Gasteiger partial charge on any atom is -0.458 e. The molecule has 0 spiro atoms. The van der Waals surface area contributed by atoms with Gasteiger partial charge >= 0.3 is 5.97 Å². The molecule has 1 saturated heterocycles. The monoisotopic (exact) mass is 226 g/mol. The van der Waals surface area contributed by atoms with E-state index in [9.17, 15) is 4.79 Å². The Bertz CT molecular complexity index is 350. The number of carbonyl (C=O) groups excluding carboxylic acids is 1. The normalized spacial score (nSPS) is 25.0. The molecule has 1 aliphatic rings. The lowest BCUT2D eigenvalue weighted by Crippen LogP contribution is -2.26. The molecule has 0 saturated carbocycles. The smallest absolute Gasteiger partial charge is 0.338 e. The van der Waals surface area contributed by atoms with Gasteiger partial charge in [-0.3, -0.25) is 0 Å². The molecule has 0 N–H and O–H groups in total. The van der Waals surface area contributed by atoms with Gasteiger partial charge in [-0.25, -0.2) is 4.79 Å². The number of carbonyl (C=O) groups is 1. The van der Waals surface area contributed by atoms with E-state index < -0.39 is 11.7 Å². The third-order valence-corrected chi connectivity index (χ3v) is 2.70. The fourth-order valence-corrected chi connectivity index (χ4v) is 2.03. The largest absolute Gasteiger partial charge is 0.458 e. The molecular weight excluding hydrogens is 212 g/mol. The van der Waals surface area contributed by atoms with Crippen molar-refractivity contribution in [1.82, 2.24) is 0 Å². The zero-order valence-electron chi connectivity index (χ0n) is 9.02. The van der Waals surface area contributed by atoms with Gasteiger partial charge in [0.05, 0.1) is 0 Å². The van der Waals surface area contributed by atoms with Gasteiger partial charge in [-0.15, -0.1) is 0 Å². The molecule has 3 nitrogen and oxygen atoms in total. The van der Waals surface area contributed by atoms with E-state index in [2.05, 4.69) is 0 Å². The Hall–Kier alpha value is -0.870. The van der Waals surface area contributed by atoms with Crippen LogP contribution in [0.2, 0.25) is 0 Å². The van der Waals surface area contributed by atoms with Gasteiger partial charge in [0.2, 0.25) is 0 Å². The molecule has 2 heterocycles. The molecule has 2 atom stereocenters. The van der Waals surface area contributed by atoms with E-state index in [1.807, 2.05) is 37.6 Å². The fourth-order valence-electron chi connectivity index (χ4n) is 1.34. The molecule has 0 bridgehead atoms. The number of rotatable bonds is 2. The van der Waals surface area contributed by atoms with E-state index in [0.29, 0.717) is 0 Å². The van der Waals surface area contributed by atoms with Crippen LogP contribution in [-0.2, 0) is 14.3 Å². The van der Waals surface area contributed by atoms with E-state index in [1.165, 1.54) is 0 Å². The van der Waals surface area contributed by atoms with Gasteiger partial charge in [0.15, 0.2) is 6.10 Å². The van der Waals surface area contributed by atoms with E-state index in [-0.39, 0.29) is 12.1 Å². The van der Waals surface area contributed by atoms with E-state index in [0.717, 1.165) is 5.56 Å². The summed E-state index contributed by atoms with van der Waals surface area (Å²) in [4.78, 5) is 11.6. The lowest BCUT2D eigenvalue weighted by Gasteiger charge is -2.18. The maximum absolute atomic E-state index is 11.6. The van der Waals surface area contributed by atoms with Crippen molar-refractivity contribution in [2.75, 3.05) is 0 Å². The molecule has 2 rings (SSSR count). The van der Waals surface area contributed by atoms with Crippen molar-refractivity contribution in [1.29, 1.82) is 0 Å². The molecule has 0 aromatic carbocycles. The van der Waals surface area contributed by atoms with Crippen LogP contribution in [0.15, 0.2) is 16.8 Å². The second kappa shape index (κ2) is 3.61. The summed E-state index contributed by atoms with van der Waals surface area (Å²) in [5.41, 5.74) is 0.623. The third-order valence-electron chi connectivity index (χ3n) is 2.00. The van der Waals surface area contributed by atoms with Crippen LogP contribution in [0.4, 0.5) is 0 Å². The summed E-state index contributed by atoms with van der Waals surface area (Å²) in [5, 5.41) is 3.97. The summed E-state index contributed by atoms with van der Waals surface area (Å²) >= 11 is 1.60. The average molecular weight is 226 g/mol. The highest BCUT2D eigenvalue weighted by Gasteiger charge is 2.48. The summed E-state index contributed by atoms with van der Waals surface area (Å²) in [7, 11) is 0. The first-order valence-corrected chi connectivity index (χ1v) is 5.82. The molecule has 15 heavy (non-hydrogen) atoms. The second-order valence-corrected chi connectivity index (χ2v) is 5.35. The quantitative estimate of drug-likeness (QED) is 0.574. The van der Waals surface area contributed by atoms with Gasteiger partial charge in [-0.05, 0) is 43.2 Å². The molecule has 1 aromatic rings. The molecule has 0 aliphatic carbocycles. The van der Waals surface area contributed by atoms with Gasteiger partial charge in [-0.2, -0.15) is 11.3 Å². The lowest BCUT2D eigenvalue weighted by atomic mass is 10.1. The van der Waals surface area contributed by atoms with Crippen LogP contribution in [0.3, 0.4) is 0 Å². The maximum atomic E-state index is 11.6. The topological polar surface area (TPSA) is 38.8 Å². The Morgan fingerprint density at radius 1 is 1.53 bits per heavy atom. The van der Waals surface area contributed by atoms with Crippen molar-refractivity contribution in [3.8, 4) is 0 Å². The minimum absolute atomic E-state index is 0.0916. The Balaban J connectivity index is 1.91. The standard InChI is InChI=1S/C11H14O3S/c1-11(2,3)14-10(12)9-8(13-9)7-4-5-15-6-7/h4-6,8-9H,1-3H3/t8-,9-/m0/s1. The zero-order chi connectivity index (χ0) is 11.1. The van der Waals surface area contributed by atoms with Gasteiger partial charge in [0.1, 0.15) is 11.7 Å². The molecule has 0 amide bonds. The summed E-state index contributed by atoms with van der Waals surface area (Å²) in [6.07, 6.45) is -0.495. The minimum atomic E-state index is -0.442. The predicted octanol–water partition coefficient (Wildman–Crippen LogP) is 2.53. The molecule has 0 unspecified atom stereocenters. The van der Waals surface area contributed by atoms with E-state index in [1.54, 1.807) is 11.3 Å². The number of hydrogen-bond donors (Lipinski definition) is 0. The first-order valence-electron chi connectivity index (χ1n) is 4.88. The van der Waals surface area contributed by atoms with Crippen molar-refractivity contribution in [2.45, 2.75) is 38.6 Å². The molecule has 0 radical (unpaired) electrons. The van der Waals surface area contributed by atoms with Crippen LogP contribution in [0, 0.1) is 0 Å². The Labute approximate surface area is 93.0 Å². The SMILES string of the molecule is CC(C)(C)OC(=O)[C@H]1O[C@H]1c1ccsc1. The van der Waals surface area contributed by atoms with Crippen LogP contribution in [-0.4, -0.2) is 17.7 Å². The average Bonchev–Trinajstić information content (AvgIpc) is 2.71. The molecule has 1 aromatic heterocycles. The van der Waals surface area contributed by atoms with Crippen LogP contribution in [0.5, 0.6) is 0 Å². The van der Waals surface area contributed by atoms with Crippen molar-refractivity contribution >= 4 is 17.3 Å². The number of ether oxygens (including phenoxy) is 2. The summed E-state index contributed by atoms with van der Waals surface area (Å²) < 4.78 is 10.5. The molecule has 4 heteroatoms. The number of thiophene rings is 1. The number of esters is 1. The van der Waals surface area contributed by atoms with Crippen LogP contribution < -0.4 is 0 Å². The molecule has 1 aliphatic heterocycles. The molecular formula is C11H14O3S. The van der Waals surface area contributed by atoms with Crippen molar-refractivity contribution in [3.05, 3.63) is 22.4 Å². The summed E-state index contributed by atoms with van der Waals surface area (Å²) in [5.74, 6) is -0.265. The van der Waals surface area contributed by atoms with Gasteiger partial charge in [0.25, 0.3) is 0 Å². The van der Waals surface area contributed by atoms with Crippen LogP contribution in [0.25, 0.3) is 0 Å². The van der Waals surface area contributed by atoms with Gasteiger partial charge in [0, 0.05) is 0 Å². The predicted molar refractivity (Wildman–Crippen MR) is 57.8 cm³/mol. The second-order valence-electron chi connectivity index (χ2n) is 4.57. The highest BCUT2D eigenvalue weighted by atomic mass is 32.1. The Kier molecular flexibility index (Phi) is 2.56. The van der Waals surface area contributed by atoms with Crippen LogP contribution >= 0.6 is 11.3 Å². The van der Waals surface area contributed by atoms with Gasteiger partial charge in [-0.1, -0.05) is 0 Å². The van der Waals surface area contributed by atoms with E-state index >= 15 is 0 Å². The Morgan fingerprint density at radius 2 is 2.27 bits per heavy atom. The van der Waals surface area contributed by atoms with Gasteiger partial charge < -0.3 is 9.47 Å². The highest BCUT2D eigenvalue weighted by Crippen LogP contribution is 2.40. The Morgan fingerprint density at radius 3 is 2.80 bits per heavy atom. The molecule has 82 valence electrons. The number of hydrogen-bond acceptors (Lipinski definition) is 4. The fraction of sp³-hybridized carbons (Fsp3) is 0.545. The third kappa shape index (κ3) is 2.58. The first-order chi connectivity index (χ1) is 6.97. The van der Waals surface area contributed by atoms with Crippen LogP contribution in [0.1, 0.15) is 32.4 Å². The number of epoxide rings is 1. The van der Waals surface area contributed by atoms with Crippen molar-refractivity contribution in [2.24, 2.45) is 0 Å². The zero-order valence-corrected chi connectivity index (χ0v) is 9.84. The summed E-state index contributed by atoms with van der Waals surface area (Å²) in [6.45, 7) is 5.56. The van der Waals surface area contributed by atoms with Crippen molar-refractivity contribution < 1.29 is 14.3 Å². The highest BCUT2D eigenvalue weighted by molar-refractivity contribution is 7.08. The lowest BCUT2D eigenvalue weighted by molar-refractivity contribution is -0.156. The van der Waals surface area contributed by atoms with E-state index in [4.69, 9.17) is 9.47 Å². The summed E-state index contributed by atoms with van der Waals surface area (Å²) in [6, 6.07) is 1.97. The van der Waals surface area contributed by atoms with Crippen molar-refractivity contribution in [3.63, 3.8) is 0 Å². The first kappa shape index (κ1) is 10.6. The maximum Gasteiger partial charge on any atom is 0.338 e. The molecule has 1 fully saturated rings.